The van der Waals surface area contributed by atoms with Crippen molar-refractivity contribution < 1.29 is 9.53 Å². The van der Waals surface area contributed by atoms with Crippen LogP contribution in [0.1, 0.15) is 41.0 Å². The van der Waals surface area contributed by atoms with E-state index < -0.39 is 0 Å². The van der Waals surface area contributed by atoms with E-state index in [1.165, 1.54) is 11.9 Å². The van der Waals surface area contributed by atoms with Crippen LogP contribution in [0.25, 0.3) is 0 Å². The molecule has 24 heavy (non-hydrogen) atoms. The highest BCUT2D eigenvalue weighted by molar-refractivity contribution is 5.92. The summed E-state index contributed by atoms with van der Waals surface area (Å²) in [6, 6.07) is 11.9. The first kappa shape index (κ1) is 16.6. The Kier molecular flexibility index (Phi) is 5.20. The van der Waals surface area contributed by atoms with Gasteiger partial charge in [0.15, 0.2) is 0 Å². The fourth-order valence-electron chi connectivity index (χ4n) is 2.68. The molecule has 5 heteroatoms. The summed E-state index contributed by atoms with van der Waals surface area (Å²) >= 11 is 0. The van der Waals surface area contributed by atoms with E-state index in [0.717, 1.165) is 31.6 Å². The first-order chi connectivity index (χ1) is 11.7. The van der Waals surface area contributed by atoms with Gasteiger partial charge in [0, 0.05) is 18.8 Å². The van der Waals surface area contributed by atoms with Gasteiger partial charge in [-0.1, -0.05) is 30.3 Å². The zero-order chi connectivity index (χ0) is 16.8. The maximum atomic E-state index is 12.2. The van der Waals surface area contributed by atoms with Crippen LogP contribution in [0.4, 0.5) is 0 Å². The lowest BCUT2D eigenvalue weighted by molar-refractivity contribution is 0.0904. The van der Waals surface area contributed by atoms with E-state index in [1.807, 2.05) is 25.1 Å². The van der Waals surface area contributed by atoms with Crippen LogP contribution < -0.4 is 5.32 Å². The molecule has 0 bridgehead atoms. The Morgan fingerprint density at radius 3 is 2.75 bits per heavy atom. The van der Waals surface area contributed by atoms with Gasteiger partial charge in [0.2, 0.25) is 0 Å². The second-order valence-electron chi connectivity index (χ2n) is 6.52. The van der Waals surface area contributed by atoms with Crippen LogP contribution in [-0.4, -0.2) is 29.0 Å². The highest BCUT2D eigenvalue weighted by atomic mass is 16.5. The normalized spacial score (nSPS) is 15.0. The van der Waals surface area contributed by atoms with Gasteiger partial charge in [-0.15, -0.1) is 0 Å². The Hall–Kier alpha value is -2.27. The van der Waals surface area contributed by atoms with Crippen molar-refractivity contribution in [1.82, 2.24) is 15.3 Å². The second-order valence-corrected chi connectivity index (χ2v) is 6.52. The monoisotopic (exact) mass is 325 g/mol. The molecule has 0 unspecified atom stereocenters. The first-order valence-electron chi connectivity index (χ1n) is 8.35. The maximum absolute atomic E-state index is 12.2. The van der Waals surface area contributed by atoms with Crippen molar-refractivity contribution in [3.8, 4) is 0 Å². The van der Waals surface area contributed by atoms with Gasteiger partial charge in [-0.25, -0.2) is 9.97 Å². The molecule has 1 aliphatic rings. The van der Waals surface area contributed by atoms with Crippen LogP contribution in [-0.2, 0) is 11.3 Å². The number of aryl methyl sites for hydroxylation is 1. The van der Waals surface area contributed by atoms with Gasteiger partial charge in [0.1, 0.15) is 12.0 Å². The number of benzene rings is 1. The molecule has 1 aromatic heterocycles. The molecule has 1 aromatic carbocycles. The molecule has 3 rings (SSSR count). The summed E-state index contributed by atoms with van der Waals surface area (Å²) < 4.78 is 5.77. The molecule has 0 radical (unpaired) electrons. The standard InChI is InChI=1S/C19H23N3O2/c1-15-11-17(22-14-21-15)18(23)20-13-19(7-8-19)9-10-24-12-16-5-3-2-4-6-16/h2-6,11,14H,7-10,12-13H2,1H3,(H,20,23). The average molecular weight is 325 g/mol. The Morgan fingerprint density at radius 1 is 1.25 bits per heavy atom. The Labute approximate surface area is 142 Å². The fourth-order valence-corrected chi connectivity index (χ4v) is 2.68. The van der Waals surface area contributed by atoms with E-state index in [1.54, 1.807) is 6.07 Å². The highest BCUT2D eigenvalue weighted by Crippen LogP contribution is 2.48. The van der Waals surface area contributed by atoms with Crippen LogP contribution in [0.2, 0.25) is 0 Å². The van der Waals surface area contributed by atoms with Crippen LogP contribution in [0.3, 0.4) is 0 Å². The van der Waals surface area contributed by atoms with E-state index in [4.69, 9.17) is 4.74 Å². The number of aromatic nitrogens is 2. The third-order valence-electron chi connectivity index (χ3n) is 4.51. The maximum Gasteiger partial charge on any atom is 0.270 e. The lowest BCUT2D eigenvalue weighted by Crippen LogP contribution is -2.31. The number of amides is 1. The van der Waals surface area contributed by atoms with Crippen molar-refractivity contribution in [2.24, 2.45) is 5.41 Å². The Balaban J connectivity index is 1.39. The zero-order valence-corrected chi connectivity index (χ0v) is 14.0. The number of nitrogens with one attached hydrogen (secondary N) is 1. The number of ether oxygens (including phenoxy) is 1. The minimum atomic E-state index is -0.128. The number of nitrogens with zero attached hydrogens (tertiary/aromatic N) is 2. The minimum Gasteiger partial charge on any atom is -0.377 e. The molecule has 0 saturated heterocycles. The number of hydrogen-bond donors (Lipinski definition) is 1. The molecule has 1 heterocycles. The molecule has 0 atom stereocenters. The van der Waals surface area contributed by atoms with E-state index in [0.29, 0.717) is 18.8 Å². The predicted molar refractivity (Wildman–Crippen MR) is 91.5 cm³/mol. The number of carbonyl (C=O) groups excluding carboxylic acids is 1. The van der Waals surface area contributed by atoms with E-state index >= 15 is 0 Å². The van der Waals surface area contributed by atoms with Gasteiger partial charge in [0.05, 0.1) is 6.61 Å². The molecule has 1 saturated carbocycles. The number of rotatable bonds is 8. The summed E-state index contributed by atoms with van der Waals surface area (Å²) in [6.07, 6.45) is 4.69. The van der Waals surface area contributed by atoms with Gasteiger partial charge < -0.3 is 10.1 Å². The van der Waals surface area contributed by atoms with Crippen LogP contribution in [0, 0.1) is 12.3 Å². The van der Waals surface area contributed by atoms with E-state index in [9.17, 15) is 4.79 Å². The minimum absolute atomic E-state index is 0.128. The van der Waals surface area contributed by atoms with Crippen molar-refractivity contribution in [2.75, 3.05) is 13.2 Å². The SMILES string of the molecule is Cc1cc(C(=O)NCC2(CCOCc3ccccc3)CC2)ncn1. The predicted octanol–water partition coefficient (Wildman–Crippen LogP) is 2.90. The number of carbonyl (C=O) groups is 1. The molecular formula is C19H23N3O2. The van der Waals surface area contributed by atoms with Crippen molar-refractivity contribution in [3.05, 3.63) is 59.7 Å². The van der Waals surface area contributed by atoms with Crippen molar-refractivity contribution in [3.63, 3.8) is 0 Å². The lowest BCUT2D eigenvalue weighted by Gasteiger charge is -2.16. The summed E-state index contributed by atoms with van der Waals surface area (Å²) in [7, 11) is 0. The molecule has 1 N–H and O–H groups in total. The summed E-state index contributed by atoms with van der Waals surface area (Å²) in [4.78, 5) is 20.2. The van der Waals surface area contributed by atoms with Gasteiger partial charge in [-0.2, -0.15) is 0 Å². The van der Waals surface area contributed by atoms with Crippen molar-refractivity contribution in [1.29, 1.82) is 0 Å². The van der Waals surface area contributed by atoms with Gasteiger partial charge in [-0.3, -0.25) is 4.79 Å². The second kappa shape index (κ2) is 7.53. The molecule has 0 spiro atoms. The smallest absolute Gasteiger partial charge is 0.270 e. The average Bonchev–Trinajstić information content (AvgIpc) is 3.38. The Morgan fingerprint density at radius 2 is 2.04 bits per heavy atom. The molecule has 126 valence electrons. The van der Waals surface area contributed by atoms with Crippen LogP contribution in [0.15, 0.2) is 42.7 Å². The van der Waals surface area contributed by atoms with Crippen LogP contribution >= 0.6 is 0 Å². The van der Waals surface area contributed by atoms with Gasteiger partial charge >= 0.3 is 0 Å². The fraction of sp³-hybridized carbons (Fsp3) is 0.421. The van der Waals surface area contributed by atoms with E-state index in [-0.39, 0.29) is 11.3 Å². The van der Waals surface area contributed by atoms with Gasteiger partial charge in [0.25, 0.3) is 5.91 Å². The molecule has 1 aliphatic carbocycles. The van der Waals surface area contributed by atoms with Crippen molar-refractivity contribution >= 4 is 5.91 Å². The largest absolute Gasteiger partial charge is 0.377 e. The molecule has 1 fully saturated rings. The molecule has 5 nitrogen and oxygen atoms in total. The quantitative estimate of drug-likeness (QED) is 0.758. The van der Waals surface area contributed by atoms with Crippen molar-refractivity contribution in [2.45, 2.75) is 32.8 Å². The molecule has 2 aromatic rings. The van der Waals surface area contributed by atoms with Gasteiger partial charge in [-0.05, 0) is 43.2 Å². The Bertz CT molecular complexity index is 684. The molecule has 1 amide bonds. The van der Waals surface area contributed by atoms with Crippen LogP contribution in [0.5, 0.6) is 0 Å². The number of hydrogen-bond acceptors (Lipinski definition) is 4. The lowest BCUT2D eigenvalue weighted by atomic mass is 10.0. The topological polar surface area (TPSA) is 64.1 Å². The third kappa shape index (κ3) is 4.61. The molecule has 0 aliphatic heterocycles. The summed E-state index contributed by atoms with van der Waals surface area (Å²) in [6.45, 7) is 3.90. The van der Waals surface area contributed by atoms with E-state index in [2.05, 4.69) is 27.4 Å². The summed E-state index contributed by atoms with van der Waals surface area (Å²) in [5.41, 5.74) is 2.62. The summed E-state index contributed by atoms with van der Waals surface area (Å²) in [5, 5.41) is 3.00. The zero-order valence-electron chi connectivity index (χ0n) is 14.0. The highest BCUT2D eigenvalue weighted by Gasteiger charge is 2.42. The summed E-state index contributed by atoms with van der Waals surface area (Å²) in [5.74, 6) is -0.128. The first-order valence-corrected chi connectivity index (χ1v) is 8.35. The third-order valence-corrected chi connectivity index (χ3v) is 4.51. The molecular weight excluding hydrogens is 302 g/mol.